The van der Waals surface area contributed by atoms with Gasteiger partial charge in [-0.15, -0.1) is 11.3 Å². The number of halogens is 2. The lowest BCUT2D eigenvalue weighted by Gasteiger charge is -2.05. The number of carbonyl (C=O) groups is 1. The SMILES string of the molecule is Cc1cnc(CNC(=O)c2cccc(F)c2Br)s1. The summed E-state index contributed by atoms with van der Waals surface area (Å²) in [7, 11) is 0. The van der Waals surface area contributed by atoms with Gasteiger partial charge in [-0.25, -0.2) is 9.37 Å². The molecular formula is C12H10BrFN2OS. The van der Waals surface area contributed by atoms with Crippen molar-refractivity contribution < 1.29 is 9.18 Å². The first-order chi connectivity index (χ1) is 8.58. The summed E-state index contributed by atoms with van der Waals surface area (Å²) in [6.45, 7) is 2.30. The summed E-state index contributed by atoms with van der Waals surface area (Å²) in [5.74, 6) is -0.776. The monoisotopic (exact) mass is 328 g/mol. The van der Waals surface area contributed by atoms with Crippen LogP contribution in [0, 0.1) is 12.7 Å². The molecule has 2 aromatic rings. The lowest BCUT2D eigenvalue weighted by molar-refractivity contribution is 0.0949. The Morgan fingerprint density at radius 1 is 1.56 bits per heavy atom. The minimum absolute atomic E-state index is 0.179. The molecule has 0 atom stereocenters. The molecule has 0 unspecified atom stereocenters. The first-order valence-electron chi connectivity index (χ1n) is 5.21. The van der Waals surface area contributed by atoms with E-state index in [1.807, 2.05) is 6.92 Å². The largest absolute Gasteiger partial charge is 0.345 e. The van der Waals surface area contributed by atoms with E-state index in [0.29, 0.717) is 6.54 Å². The summed E-state index contributed by atoms with van der Waals surface area (Å²) >= 11 is 4.58. The zero-order valence-electron chi connectivity index (χ0n) is 9.54. The molecule has 0 bridgehead atoms. The van der Waals surface area contributed by atoms with Crippen LogP contribution in [0.2, 0.25) is 0 Å². The number of nitrogens with one attached hydrogen (secondary N) is 1. The van der Waals surface area contributed by atoms with Crippen molar-refractivity contribution in [2.45, 2.75) is 13.5 Å². The zero-order valence-corrected chi connectivity index (χ0v) is 11.9. The van der Waals surface area contributed by atoms with Crippen molar-refractivity contribution in [2.75, 3.05) is 0 Å². The first-order valence-corrected chi connectivity index (χ1v) is 6.82. The van der Waals surface area contributed by atoms with Gasteiger partial charge in [0.1, 0.15) is 10.8 Å². The Morgan fingerprint density at radius 2 is 2.33 bits per heavy atom. The maximum atomic E-state index is 13.3. The summed E-state index contributed by atoms with van der Waals surface area (Å²) in [5.41, 5.74) is 0.281. The van der Waals surface area contributed by atoms with Crippen molar-refractivity contribution in [3.63, 3.8) is 0 Å². The molecular weight excluding hydrogens is 319 g/mol. The molecule has 0 aliphatic carbocycles. The maximum Gasteiger partial charge on any atom is 0.252 e. The number of thiazole rings is 1. The minimum Gasteiger partial charge on any atom is -0.345 e. The second-order valence-electron chi connectivity index (χ2n) is 3.65. The summed E-state index contributed by atoms with van der Waals surface area (Å²) < 4.78 is 13.4. The number of carbonyl (C=O) groups excluding carboxylic acids is 1. The van der Waals surface area contributed by atoms with Crippen LogP contribution in [0.15, 0.2) is 28.9 Å². The molecule has 0 fully saturated rings. The number of rotatable bonds is 3. The van der Waals surface area contributed by atoms with Gasteiger partial charge in [-0.1, -0.05) is 6.07 Å². The normalized spacial score (nSPS) is 10.4. The fourth-order valence-electron chi connectivity index (χ4n) is 1.41. The van der Waals surface area contributed by atoms with Crippen molar-refractivity contribution in [3.8, 4) is 0 Å². The van der Waals surface area contributed by atoms with Crippen LogP contribution in [-0.4, -0.2) is 10.9 Å². The van der Waals surface area contributed by atoms with Crippen LogP contribution < -0.4 is 5.32 Å². The molecule has 0 aliphatic heterocycles. The van der Waals surface area contributed by atoms with Gasteiger partial charge in [-0.3, -0.25) is 4.79 Å². The third kappa shape index (κ3) is 2.94. The number of nitrogens with zero attached hydrogens (tertiary/aromatic N) is 1. The standard InChI is InChI=1S/C12H10BrFN2OS/c1-7-5-15-10(18-7)6-16-12(17)8-3-2-4-9(14)11(8)13/h2-5H,6H2,1H3,(H,16,17). The number of aryl methyl sites for hydroxylation is 1. The van der Waals surface area contributed by atoms with Gasteiger partial charge < -0.3 is 5.32 Å². The highest BCUT2D eigenvalue weighted by Crippen LogP contribution is 2.20. The van der Waals surface area contributed by atoms with E-state index in [0.717, 1.165) is 9.88 Å². The van der Waals surface area contributed by atoms with E-state index in [9.17, 15) is 9.18 Å². The summed E-state index contributed by atoms with van der Waals surface area (Å²) in [6, 6.07) is 4.36. The van der Waals surface area contributed by atoms with Crippen LogP contribution in [0.5, 0.6) is 0 Å². The van der Waals surface area contributed by atoms with E-state index in [2.05, 4.69) is 26.2 Å². The molecule has 0 radical (unpaired) electrons. The van der Waals surface area contributed by atoms with Crippen LogP contribution in [-0.2, 0) is 6.54 Å². The summed E-state index contributed by atoms with van der Waals surface area (Å²) in [6.07, 6.45) is 1.75. The second-order valence-corrected chi connectivity index (χ2v) is 5.76. The van der Waals surface area contributed by atoms with Crippen LogP contribution in [0.25, 0.3) is 0 Å². The van der Waals surface area contributed by atoms with Crippen molar-refractivity contribution in [2.24, 2.45) is 0 Å². The quantitative estimate of drug-likeness (QED) is 0.939. The van der Waals surface area contributed by atoms with Crippen molar-refractivity contribution >= 4 is 33.2 Å². The Bertz CT molecular complexity index is 585. The number of amides is 1. The fourth-order valence-corrected chi connectivity index (χ4v) is 2.58. The molecule has 0 saturated heterocycles. The molecule has 1 aromatic carbocycles. The molecule has 94 valence electrons. The van der Waals surface area contributed by atoms with Crippen LogP contribution in [0.4, 0.5) is 4.39 Å². The van der Waals surface area contributed by atoms with Gasteiger partial charge in [-0.2, -0.15) is 0 Å². The number of hydrogen-bond donors (Lipinski definition) is 1. The van der Waals surface area contributed by atoms with Gasteiger partial charge in [-0.05, 0) is 35.0 Å². The molecule has 1 N–H and O–H groups in total. The fraction of sp³-hybridized carbons (Fsp3) is 0.167. The highest BCUT2D eigenvalue weighted by atomic mass is 79.9. The number of aromatic nitrogens is 1. The first kappa shape index (κ1) is 13.2. The topological polar surface area (TPSA) is 42.0 Å². The Morgan fingerprint density at radius 3 is 3.00 bits per heavy atom. The lowest BCUT2D eigenvalue weighted by atomic mass is 10.2. The molecule has 3 nitrogen and oxygen atoms in total. The van der Waals surface area contributed by atoms with E-state index in [4.69, 9.17) is 0 Å². The predicted molar refractivity (Wildman–Crippen MR) is 72.1 cm³/mol. The molecule has 0 saturated carbocycles. The van der Waals surface area contributed by atoms with Gasteiger partial charge in [0, 0.05) is 11.1 Å². The third-order valence-corrected chi connectivity index (χ3v) is 3.98. The maximum absolute atomic E-state index is 13.3. The molecule has 1 aromatic heterocycles. The van der Waals surface area contributed by atoms with Crippen LogP contribution in [0.1, 0.15) is 20.2 Å². The van der Waals surface area contributed by atoms with E-state index in [1.54, 1.807) is 12.3 Å². The highest BCUT2D eigenvalue weighted by molar-refractivity contribution is 9.10. The summed E-state index contributed by atoms with van der Waals surface area (Å²) in [5, 5.41) is 3.54. The third-order valence-electron chi connectivity index (χ3n) is 2.27. The smallest absolute Gasteiger partial charge is 0.252 e. The van der Waals surface area contributed by atoms with E-state index >= 15 is 0 Å². The van der Waals surface area contributed by atoms with Crippen molar-refractivity contribution in [1.82, 2.24) is 10.3 Å². The molecule has 2 rings (SSSR count). The van der Waals surface area contributed by atoms with Gasteiger partial charge in [0.15, 0.2) is 0 Å². The average molecular weight is 329 g/mol. The van der Waals surface area contributed by atoms with E-state index in [-0.39, 0.29) is 15.9 Å². The van der Waals surface area contributed by atoms with Gasteiger partial charge in [0.2, 0.25) is 0 Å². The predicted octanol–water partition coefficient (Wildman–Crippen LogP) is 3.28. The number of benzene rings is 1. The molecule has 1 amide bonds. The minimum atomic E-state index is -0.451. The van der Waals surface area contributed by atoms with Crippen LogP contribution >= 0.6 is 27.3 Å². The van der Waals surface area contributed by atoms with E-state index in [1.165, 1.54) is 23.5 Å². The van der Waals surface area contributed by atoms with Crippen LogP contribution in [0.3, 0.4) is 0 Å². The van der Waals surface area contributed by atoms with Crippen molar-refractivity contribution in [1.29, 1.82) is 0 Å². The average Bonchev–Trinajstić information content (AvgIpc) is 2.76. The van der Waals surface area contributed by atoms with Gasteiger partial charge in [0.05, 0.1) is 16.6 Å². The summed E-state index contributed by atoms with van der Waals surface area (Å²) in [4.78, 5) is 17.1. The second kappa shape index (κ2) is 5.58. The molecule has 0 aliphatic rings. The molecule has 0 spiro atoms. The van der Waals surface area contributed by atoms with Gasteiger partial charge >= 0.3 is 0 Å². The highest BCUT2D eigenvalue weighted by Gasteiger charge is 2.13. The molecule has 1 heterocycles. The number of hydrogen-bond acceptors (Lipinski definition) is 3. The molecule has 6 heteroatoms. The lowest BCUT2D eigenvalue weighted by Crippen LogP contribution is -2.23. The Kier molecular flexibility index (Phi) is 4.08. The van der Waals surface area contributed by atoms with Gasteiger partial charge in [0.25, 0.3) is 5.91 Å². The Hall–Kier alpha value is -1.27. The molecule has 18 heavy (non-hydrogen) atoms. The Labute approximate surface area is 116 Å². The van der Waals surface area contributed by atoms with E-state index < -0.39 is 5.82 Å². The van der Waals surface area contributed by atoms with Crippen molar-refractivity contribution in [3.05, 3.63) is 50.1 Å². The Balaban J connectivity index is 2.06. The zero-order chi connectivity index (χ0) is 13.1.